The van der Waals surface area contributed by atoms with Gasteiger partial charge >= 0.3 is 12.1 Å². The van der Waals surface area contributed by atoms with Gasteiger partial charge in [-0.15, -0.1) is 0 Å². The molecule has 1 N–H and O–H groups in total. The van der Waals surface area contributed by atoms with E-state index in [2.05, 4.69) is 6.58 Å². The molecule has 0 aromatic heterocycles. The molecule has 0 aromatic rings. The van der Waals surface area contributed by atoms with Crippen LogP contribution in [0.1, 0.15) is 38.5 Å². The number of hydrogen-bond donors (Lipinski definition) is 1. The summed E-state index contributed by atoms with van der Waals surface area (Å²) in [5.74, 6) is -1.72. The van der Waals surface area contributed by atoms with Crippen LogP contribution in [0.3, 0.4) is 0 Å². The SMILES string of the molecule is C=C(C(=O)OC12CC3CC(C1)CC(S(=O)(=O)O)(C3)C2)C(F)(F)F. The van der Waals surface area contributed by atoms with Gasteiger partial charge in [-0.3, -0.25) is 4.55 Å². The Morgan fingerprint density at radius 3 is 2.13 bits per heavy atom. The zero-order valence-corrected chi connectivity index (χ0v) is 13.0. The van der Waals surface area contributed by atoms with Gasteiger partial charge in [0.15, 0.2) is 0 Å². The third kappa shape index (κ3) is 2.67. The normalized spacial score (nSPS) is 39.3. The van der Waals surface area contributed by atoms with E-state index in [4.69, 9.17) is 4.74 Å². The quantitative estimate of drug-likeness (QED) is 0.479. The second-order valence-electron chi connectivity index (χ2n) is 7.17. The lowest BCUT2D eigenvalue weighted by Gasteiger charge is -2.59. The Morgan fingerprint density at radius 2 is 1.70 bits per heavy atom. The summed E-state index contributed by atoms with van der Waals surface area (Å²) in [7, 11) is -4.38. The molecule has 0 radical (unpaired) electrons. The first-order chi connectivity index (χ1) is 10.4. The Morgan fingerprint density at radius 1 is 1.17 bits per heavy atom. The van der Waals surface area contributed by atoms with Crippen molar-refractivity contribution in [1.29, 1.82) is 0 Å². The average Bonchev–Trinajstić information content (AvgIpc) is 2.32. The lowest BCUT2D eigenvalue weighted by atomic mass is 9.53. The second kappa shape index (κ2) is 4.72. The molecule has 4 aliphatic rings. The summed E-state index contributed by atoms with van der Waals surface area (Å²) in [6.45, 7) is 2.72. The van der Waals surface area contributed by atoms with Gasteiger partial charge in [-0.25, -0.2) is 4.79 Å². The Labute approximate surface area is 131 Å². The van der Waals surface area contributed by atoms with Crippen molar-refractivity contribution >= 4 is 16.1 Å². The fraction of sp³-hybridized carbons (Fsp3) is 0.786. The van der Waals surface area contributed by atoms with E-state index >= 15 is 0 Å². The van der Waals surface area contributed by atoms with Crippen molar-refractivity contribution in [2.45, 2.75) is 55.0 Å². The lowest BCUT2D eigenvalue weighted by Crippen LogP contribution is -2.63. The molecule has 2 unspecified atom stereocenters. The van der Waals surface area contributed by atoms with Crippen LogP contribution >= 0.6 is 0 Å². The minimum absolute atomic E-state index is 0.0786. The number of halogens is 3. The maximum absolute atomic E-state index is 12.6. The van der Waals surface area contributed by atoms with Crippen LogP contribution < -0.4 is 0 Å². The zero-order valence-electron chi connectivity index (χ0n) is 12.2. The van der Waals surface area contributed by atoms with Gasteiger partial charge < -0.3 is 4.74 Å². The molecule has 4 rings (SSSR count). The number of carbonyl (C=O) groups excluding carboxylic acids is 1. The Hall–Kier alpha value is -1.09. The van der Waals surface area contributed by atoms with Crippen LogP contribution in [-0.4, -0.2) is 35.5 Å². The molecule has 23 heavy (non-hydrogen) atoms. The number of esters is 1. The highest BCUT2D eigenvalue weighted by molar-refractivity contribution is 7.87. The summed E-state index contributed by atoms with van der Waals surface area (Å²) in [5, 5.41) is 0. The second-order valence-corrected chi connectivity index (χ2v) is 8.98. The van der Waals surface area contributed by atoms with Gasteiger partial charge in [0.1, 0.15) is 15.9 Å². The van der Waals surface area contributed by atoms with Crippen molar-refractivity contribution in [3.63, 3.8) is 0 Å². The number of rotatable bonds is 3. The molecule has 4 aliphatic carbocycles. The van der Waals surface area contributed by atoms with Crippen LogP contribution in [0.25, 0.3) is 0 Å². The fourth-order valence-corrected chi connectivity index (χ4v) is 6.23. The smallest absolute Gasteiger partial charge is 0.422 e. The monoisotopic (exact) mass is 354 g/mol. The molecule has 130 valence electrons. The van der Waals surface area contributed by atoms with Crippen LogP contribution in [0.15, 0.2) is 12.2 Å². The van der Waals surface area contributed by atoms with Crippen molar-refractivity contribution in [2.24, 2.45) is 11.8 Å². The van der Waals surface area contributed by atoms with Gasteiger partial charge in [-0.2, -0.15) is 21.6 Å². The van der Waals surface area contributed by atoms with E-state index in [0.29, 0.717) is 12.8 Å². The number of alkyl halides is 3. The Bertz CT molecular complexity index is 652. The summed E-state index contributed by atoms with van der Waals surface area (Å²) in [6.07, 6.45) is -3.10. The molecule has 0 spiro atoms. The van der Waals surface area contributed by atoms with Gasteiger partial charge in [0, 0.05) is 6.42 Å². The van der Waals surface area contributed by atoms with E-state index < -0.39 is 38.2 Å². The predicted octanol–water partition coefficient (Wildman–Crippen LogP) is 2.63. The summed E-state index contributed by atoms with van der Waals surface area (Å²) >= 11 is 0. The molecule has 0 saturated heterocycles. The average molecular weight is 354 g/mol. The summed E-state index contributed by atoms with van der Waals surface area (Å²) < 4.78 is 74.7. The Balaban J connectivity index is 1.88. The maximum Gasteiger partial charge on any atom is 0.422 e. The first kappa shape index (κ1) is 16.8. The molecule has 5 nitrogen and oxygen atoms in total. The largest absolute Gasteiger partial charge is 0.455 e. The van der Waals surface area contributed by atoms with Gasteiger partial charge in [0.2, 0.25) is 0 Å². The van der Waals surface area contributed by atoms with E-state index in [9.17, 15) is 30.9 Å². The van der Waals surface area contributed by atoms with Gasteiger partial charge in [-0.05, 0) is 43.9 Å². The molecule has 2 atom stereocenters. The summed E-state index contributed by atoms with van der Waals surface area (Å²) in [6, 6.07) is 0. The van der Waals surface area contributed by atoms with E-state index in [1.165, 1.54) is 0 Å². The molecule has 0 aliphatic heterocycles. The molecule has 4 fully saturated rings. The van der Waals surface area contributed by atoms with E-state index in [-0.39, 0.29) is 31.1 Å². The fourth-order valence-electron chi connectivity index (χ4n) is 4.89. The van der Waals surface area contributed by atoms with Gasteiger partial charge in [-0.1, -0.05) is 6.58 Å². The van der Waals surface area contributed by atoms with E-state index in [1.807, 2.05) is 0 Å². The van der Waals surface area contributed by atoms with Crippen molar-refractivity contribution < 1.29 is 35.7 Å². The van der Waals surface area contributed by atoms with Crippen molar-refractivity contribution in [3.8, 4) is 0 Å². The number of hydrogen-bond acceptors (Lipinski definition) is 4. The summed E-state index contributed by atoms with van der Waals surface area (Å²) in [5.41, 5.74) is -2.86. The molecule has 9 heteroatoms. The molecule has 0 amide bonds. The van der Waals surface area contributed by atoms with Crippen LogP contribution in [0, 0.1) is 11.8 Å². The number of ether oxygens (including phenoxy) is 1. The minimum atomic E-state index is -4.89. The third-order valence-corrected chi connectivity index (χ3v) is 6.97. The van der Waals surface area contributed by atoms with Crippen LogP contribution in [0.2, 0.25) is 0 Å². The van der Waals surface area contributed by atoms with Crippen molar-refractivity contribution in [3.05, 3.63) is 12.2 Å². The maximum atomic E-state index is 12.6. The Kier molecular flexibility index (Phi) is 3.44. The highest BCUT2D eigenvalue weighted by atomic mass is 32.2. The molecule has 0 aromatic carbocycles. The number of carbonyl (C=O) groups is 1. The molecular weight excluding hydrogens is 337 g/mol. The van der Waals surface area contributed by atoms with Gasteiger partial charge in [0.25, 0.3) is 10.1 Å². The third-order valence-electron chi connectivity index (χ3n) is 5.40. The molecular formula is C14H17F3O5S. The highest BCUT2D eigenvalue weighted by Gasteiger charge is 2.64. The molecule has 0 heterocycles. The van der Waals surface area contributed by atoms with Gasteiger partial charge in [0.05, 0.1) is 0 Å². The first-order valence-electron chi connectivity index (χ1n) is 7.32. The van der Waals surface area contributed by atoms with Crippen molar-refractivity contribution in [1.82, 2.24) is 0 Å². The standard InChI is InChI=1S/C14H17F3O5S/c1-8(14(15,16)17)11(18)22-12-3-9-2-10(4-12)6-13(5-9,7-12)23(19,20)21/h9-10H,1-7H2,(H,19,20,21). The lowest BCUT2D eigenvalue weighted by molar-refractivity contribution is -0.186. The summed E-state index contributed by atoms with van der Waals surface area (Å²) in [4.78, 5) is 11.8. The molecule has 4 bridgehead atoms. The first-order valence-corrected chi connectivity index (χ1v) is 8.76. The minimum Gasteiger partial charge on any atom is -0.455 e. The van der Waals surface area contributed by atoms with Crippen LogP contribution in [0.5, 0.6) is 0 Å². The zero-order chi connectivity index (χ0) is 17.3. The van der Waals surface area contributed by atoms with Crippen molar-refractivity contribution in [2.75, 3.05) is 0 Å². The van der Waals surface area contributed by atoms with Crippen LogP contribution in [0.4, 0.5) is 13.2 Å². The van der Waals surface area contributed by atoms with E-state index in [1.54, 1.807) is 0 Å². The highest BCUT2D eigenvalue weighted by Crippen LogP contribution is 2.61. The van der Waals surface area contributed by atoms with Crippen LogP contribution in [-0.2, 0) is 19.6 Å². The predicted molar refractivity (Wildman–Crippen MR) is 73.0 cm³/mol. The van der Waals surface area contributed by atoms with E-state index in [0.717, 1.165) is 6.42 Å². The topological polar surface area (TPSA) is 80.7 Å². The molecule has 4 saturated carbocycles.